The first-order valence-electron chi connectivity index (χ1n) is 8.09. The van der Waals surface area contributed by atoms with Crippen LogP contribution in [0.1, 0.15) is 19.4 Å². The highest BCUT2D eigenvalue weighted by molar-refractivity contribution is 7.98. The molecule has 0 unspecified atom stereocenters. The van der Waals surface area contributed by atoms with Crippen molar-refractivity contribution >= 4 is 17.4 Å². The third-order valence-corrected chi connectivity index (χ3v) is 4.72. The number of hydrogen-bond donors (Lipinski definition) is 1. The highest BCUT2D eigenvalue weighted by Crippen LogP contribution is 2.38. The van der Waals surface area contributed by atoms with Gasteiger partial charge in [0.05, 0.1) is 0 Å². The van der Waals surface area contributed by atoms with Gasteiger partial charge in [-0.3, -0.25) is 0 Å². The molecule has 25 heavy (non-hydrogen) atoms. The van der Waals surface area contributed by atoms with Gasteiger partial charge in [-0.2, -0.15) is 4.98 Å². The van der Waals surface area contributed by atoms with Gasteiger partial charge in [0.1, 0.15) is 0 Å². The van der Waals surface area contributed by atoms with Crippen molar-refractivity contribution in [1.82, 2.24) is 15.2 Å². The summed E-state index contributed by atoms with van der Waals surface area (Å²) in [5.74, 6) is 1.30. The Morgan fingerprint density at radius 3 is 2.60 bits per heavy atom. The lowest BCUT2D eigenvalue weighted by Gasteiger charge is -2.26. The van der Waals surface area contributed by atoms with Crippen molar-refractivity contribution in [3.8, 4) is 17.1 Å². The number of para-hydroxylation sites is 1. The number of aromatic nitrogens is 3. The fourth-order valence-electron chi connectivity index (χ4n) is 2.71. The fraction of sp³-hybridized carbons (Fsp3) is 0.211. The Balaban J connectivity index is 1.67. The van der Waals surface area contributed by atoms with Crippen LogP contribution in [0.5, 0.6) is 5.88 Å². The van der Waals surface area contributed by atoms with E-state index in [1.807, 2.05) is 56.3 Å². The number of nitrogens with one attached hydrogen (secondary N) is 1. The Kier molecular flexibility index (Phi) is 4.05. The topological polar surface area (TPSA) is 59.9 Å². The monoisotopic (exact) mass is 350 g/mol. The van der Waals surface area contributed by atoms with E-state index >= 15 is 0 Å². The number of rotatable bonds is 3. The molecule has 0 fully saturated rings. The minimum absolute atomic E-state index is 0.507. The molecule has 0 atom stereocenters. The van der Waals surface area contributed by atoms with Crippen LogP contribution in [0.2, 0.25) is 0 Å². The largest absolute Gasteiger partial charge is 0.450 e. The van der Waals surface area contributed by atoms with Crippen molar-refractivity contribution in [2.24, 2.45) is 0 Å². The van der Waals surface area contributed by atoms with Crippen LogP contribution in [-0.4, -0.2) is 20.9 Å². The number of benzene rings is 2. The van der Waals surface area contributed by atoms with Gasteiger partial charge in [-0.1, -0.05) is 60.3 Å². The molecule has 4 rings (SSSR count). The summed E-state index contributed by atoms with van der Waals surface area (Å²) in [6.45, 7) is 3.94. The van der Waals surface area contributed by atoms with Gasteiger partial charge < -0.3 is 10.1 Å². The number of hydrogen-bond acceptors (Lipinski definition) is 6. The Bertz CT molecular complexity index is 899. The van der Waals surface area contributed by atoms with Gasteiger partial charge in [0.2, 0.25) is 11.0 Å². The van der Waals surface area contributed by atoms with Gasteiger partial charge in [-0.05, 0) is 25.5 Å². The van der Waals surface area contributed by atoms with Crippen molar-refractivity contribution < 1.29 is 4.74 Å². The SMILES string of the molecule is CC1(C)Nc2ccccc2-c2nnc(SCc3ccccc3)nc2O1. The molecular formula is C19H18N4OS. The first kappa shape index (κ1) is 15.9. The second kappa shape index (κ2) is 6.37. The molecule has 0 saturated carbocycles. The normalized spacial score (nSPS) is 14.5. The molecule has 6 heteroatoms. The van der Waals surface area contributed by atoms with Crippen LogP contribution in [0.3, 0.4) is 0 Å². The number of nitrogens with zero attached hydrogens (tertiary/aromatic N) is 3. The summed E-state index contributed by atoms with van der Waals surface area (Å²) < 4.78 is 6.08. The molecule has 5 nitrogen and oxygen atoms in total. The van der Waals surface area contributed by atoms with E-state index in [4.69, 9.17) is 4.74 Å². The van der Waals surface area contributed by atoms with E-state index in [1.54, 1.807) is 11.8 Å². The minimum Gasteiger partial charge on any atom is -0.450 e. The first-order chi connectivity index (χ1) is 12.1. The zero-order valence-corrected chi connectivity index (χ0v) is 14.9. The predicted octanol–water partition coefficient (Wildman–Crippen LogP) is 4.37. The van der Waals surface area contributed by atoms with Crippen molar-refractivity contribution in [2.45, 2.75) is 30.5 Å². The van der Waals surface area contributed by atoms with E-state index < -0.39 is 5.72 Å². The standard InChI is InChI=1S/C19H18N4OS/c1-19(2)21-15-11-7-6-10-14(15)16-17(24-19)20-18(23-22-16)25-12-13-8-4-3-5-9-13/h3-11,21H,12H2,1-2H3. The smallest absolute Gasteiger partial charge is 0.247 e. The molecule has 126 valence electrons. The summed E-state index contributed by atoms with van der Waals surface area (Å²) in [4.78, 5) is 4.61. The zero-order valence-electron chi connectivity index (χ0n) is 14.1. The fourth-order valence-corrected chi connectivity index (χ4v) is 3.45. The predicted molar refractivity (Wildman–Crippen MR) is 99.6 cm³/mol. The lowest BCUT2D eigenvalue weighted by molar-refractivity contribution is 0.134. The first-order valence-corrected chi connectivity index (χ1v) is 9.07. The van der Waals surface area contributed by atoms with Crippen LogP contribution >= 0.6 is 11.8 Å². The molecule has 3 aromatic rings. The Hall–Kier alpha value is -2.60. The highest BCUT2D eigenvalue weighted by Gasteiger charge is 2.29. The Morgan fingerprint density at radius 1 is 1.00 bits per heavy atom. The summed E-state index contributed by atoms with van der Waals surface area (Å²) in [7, 11) is 0. The molecule has 1 N–H and O–H groups in total. The van der Waals surface area contributed by atoms with Crippen LogP contribution in [0.15, 0.2) is 59.8 Å². The van der Waals surface area contributed by atoms with E-state index in [9.17, 15) is 0 Å². The maximum atomic E-state index is 6.08. The highest BCUT2D eigenvalue weighted by atomic mass is 32.2. The summed E-state index contributed by atoms with van der Waals surface area (Å²) in [6.07, 6.45) is 0. The zero-order chi connectivity index (χ0) is 17.3. The number of thioether (sulfide) groups is 1. The van der Waals surface area contributed by atoms with E-state index in [0.717, 1.165) is 17.0 Å². The average molecular weight is 350 g/mol. The Morgan fingerprint density at radius 2 is 1.76 bits per heavy atom. The number of fused-ring (bicyclic) bond motifs is 3. The summed E-state index contributed by atoms with van der Waals surface area (Å²) in [5.41, 5.74) is 3.21. The molecule has 2 aromatic carbocycles. The lowest BCUT2D eigenvalue weighted by atomic mass is 10.1. The van der Waals surface area contributed by atoms with Crippen LogP contribution in [0.4, 0.5) is 5.69 Å². The average Bonchev–Trinajstić information content (AvgIpc) is 2.72. The molecule has 1 aliphatic heterocycles. The molecule has 0 amide bonds. The molecule has 2 heterocycles. The van der Waals surface area contributed by atoms with Gasteiger partial charge in [0.25, 0.3) is 0 Å². The van der Waals surface area contributed by atoms with Crippen LogP contribution in [-0.2, 0) is 5.75 Å². The van der Waals surface area contributed by atoms with Crippen molar-refractivity contribution in [3.63, 3.8) is 0 Å². The third-order valence-electron chi connectivity index (χ3n) is 3.82. The molecule has 0 spiro atoms. The van der Waals surface area contributed by atoms with Crippen LogP contribution in [0.25, 0.3) is 11.3 Å². The van der Waals surface area contributed by atoms with E-state index in [2.05, 4.69) is 32.6 Å². The van der Waals surface area contributed by atoms with Gasteiger partial charge >= 0.3 is 0 Å². The van der Waals surface area contributed by atoms with E-state index in [0.29, 0.717) is 16.7 Å². The molecule has 0 aliphatic carbocycles. The third kappa shape index (κ3) is 3.44. The van der Waals surface area contributed by atoms with Crippen molar-refractivity contribution in [3.05, 3.63) is 60.2 Å². The minimum atomic E-state index is -0.585. The maximum Gasteiger partial charge on any atom is 0.247 e. The molecule has 0 saturated heterocycles. The van der Waals surface area contributed by atoms with Gasteiger partial charge in [-0.25, -0.2) is 0 Å². The number of ether oxygens (including phenoxy) is 1. The van der Waals surface area contributed by atoms with Crippen molar-refractivity contribution in [2.75, 3.05) is 5.32 Å². The van der Waals surface area contributed by atoms with Gasteiger partial charge in [-0.15, -0.1) is 10.2 Å². The summed E-state index contributed by atoms with van der Waals surface area (Å²) >= 11 is 1.55. The van der Waals surface area contributed by atoms with E-state index in [1.165, 1.54) is 5.56 Å². The summed E-state index contributed by atoms with van der Waals surface area (Å²) in [5, 5.41) is 12.7. The second-order valence-electron chi connectivity index (χ2n) is 6.31. The maximum absolute atomic E-state index is 6.08. The van der Waals surface area contributed by atoms with Gasteiger partial charge in [0.15, 0.2) is 11.4 Å². The second-order valence-corrected chi connectivity index (χ2v) is 7.25. The molecule has 1 aliphatic rings. The molecule has 0 bridgehead atoms. The molecular weight excluding hydrogens is 332 g/mol. The quantitative estimate of drug-likeness (QED) is 0.708. The van der Waals surface area contributed by atoms with Gasteiger partial charge in [0, 0.05) is 17.0 Å². The van der Waals surface area contributed by atoms with Crippen LogP contribution < -0.4 is 10.1 Å². The Labute approximate surface area is 150 Å². The summed E-state index contributed by atoms with van der Waals surface area (Å²) in [6, 6.07) is 18.2. The van der Waals surface area contributed by atoms with Crippen molar-refractivity contribution in [1.29, 1.82) is 0 Å². The molecule has 1 aromatic heterocycles. The number of anilines is 1. The molecule has 0 radical (unpaired) electrons. The lowest BCUT2D eigenvalue weighted by Crippen LogP contribution is -2.37. The van der Waals surface area contributed by atoms with Crippen LogP contribution in [0, 0.1) is 0 Å². The van der Waals surface area contributed by atoms with E-state index in [-0.39, 0.29) is 0 Å².